The van der Waals surface area contributed by atoms with Gasteiger partial charge in [-0.1, -0.05) is 35.3 Å². The minimum atomic E-state index is -2.55. The molecule has 11 heteroatoms. The van der Waals surface area contributed by atoms with Crippen LogP contribution in [-0.2, 0) is 19.5 Å². The monoisotopic (exact) mass is 475 g/mol. The van der Waals surface area contributed by atoms with Crippen molar-refractivity contribution in [2.75, 3.05) is 19.6 Å². The summed E-state index contributed by atoms with van der Waals surface area (Å²) in [6.07, 6.45) is 7.86. The normalized spacial score (nSPS) is 16.6. The third-order valence-electron chi connectivity index (χ3n) is 4.34. The smallest absolute Gasteiger partial charge is 0.214 e. The summed E-state index contributed by atoms with van der Waals surface area (Å²) in [5, 5.41) is 8.76. The molecule has 0 bridgehead atoms. The van der Waals surface area contributed by atoms with Gasteiger partial charge in [-0.25, -0.2) is 22.7 Å². The van der Waals surface area contributed by atoms with Crippen LogP contribution in [-0.4, -0.2) is 37.9 Å². The Balaban J connectivity index is 0.000000291. The summed E-state index contributed by atoms with van der Waals surface area (Å²) in [6.45, 7) is 3.62. The van der Waals surface area contributed by atoms with Crippen LogP contribution in [0, 0.1) is 11.5 Å². The van der Waals surface area contributed by atoms with Gasteiger partial charge in [0.05, 0.1) is 30.0 Å². The molecule has 0 aliphatic rings. The fourth-order valence-corrected chi connectivity index (χ4v) is 4.23. The Morgan fingerprint density at radius 1 is 0.931 bits per heavy atom. The zero-order valence-electron chi connectivity index (χ0n) is 16.7. The lowest BCUT2D eigenvalue weighted by atomic mass is 10.2. The average molecular weight is 476 g/mol. The van der Waals surface area contributed by atoms with Crippen LogP contribution in [0.5, 0.6) is 0 Å². The van der Waals surface area contributed by atoms with Gasteiger partial charge in [-0.2, -0.15) is 5.26 Å². The lowest BCUT2D eigenvalue weighted by Crippen LogP contribution is -2.07. The van der Waals surface area contributed by atoms with Crippen LogP contribution in [0.25, 0.3) is 0 Å². The van der Waals surface area contributed by atoms with E-state index in [1.165, 1.54) is 6.26 Å². The fraction of sp³-hybridized carbons (Fsp3) is 0.389. The first-order valence-electron chi connectivity index (χ1n) is 8.35. The molecule has 2 rings (SSSR count). The summed E-state index contributed by atoms with van der Waals surface area (Å²) >= 11 is 11.3. The minimum absolute atomic E-state index is 0.128. The van der Waals surface area contributed by atoms with Crippen LogP contribution in [0.1, 0.15) is 35.5 Å². The number of rotatable bonds is 4. The molecule has 0 saturated carbocycles. The van der Waals surface area contributed by atoms with Crippen molar-refractivity contribution >= 4 is 42.7 Å². The van der Waals surface area contributed by atoms with Gasteiger partial charge in [0.2, 0.25) is 6.19 Å². The summed E-state index contributed by atoms with van der Waals surface area (Å²) in [5.74, 6) is 0. The van der Waals surface area contributed by atoms with Gasteiger partial charge >= 0.3 is 0 Å². The molecule has 0 N–H and O–H groups in total. The number of pyridine rings is 2. The zero-order valence-corrected chi connectivity index (χ0v) is 19.9. The number of nitriles is 1. The van der Waals surface area contributed by atoms with Crippen LogP contribution in [0.2, 0.25) is 10.3 Å². The van der Waals surface area contributed by atoms with E-state index in [-0.39, 0.29) is 10.5 Å². The molecule has 2 unspecified atom stereocenters. The highest BCUT2D eigenvalue weighted by atomic mass is 35.5. The maximum absolute atomic E-state index is 11.9. The summed E-state index contributed by atoms with van der Waals surface area (Å²) in [7, 11) is -3.15. The third-order valence-corrected chi connectivity index (χ3v) is 9.12. The molecule has 0 aromatic carbocycles. The average Bonchev–Trinajstić information content (AvgIpc) is 2.68. The van der Waals surface area contributed by atoms with Gasteiger partial charge in [-0.3, -0.25) is 0 Å². The molecule has 29 heavy (non-hydrogen) atoms. The minimum Gasteiger partial charge on any atom is -0.249 e. The second kappa shape index (κ2) is 10.9. The maximum atomic E-state index is 11.9. The summed E-state index contributed by atoms with van der Waals surface area (Å²) in [5.41, 5.74) is 1.65. The van der Waals surface area contributed by atoms with Crippen LogP contribution >= 0.6 is 23.2 Å². The first-order chi connectivity index (χ1) is 13.4. The Kier molecular flexibility index (Phi) is 9.49. The van der Waals surface area contributed by atoms with Crippen LogP contribution in [0.15, 0.2) is 45.4 Å². The highest BCUT2D eigenvalue weighted by Gasteiger charge is 2.16. The van der Waals surface area contributed by atoms with E-state index in [2.05, 4.69) is 18.7 Å². The molecule has 0 spiro atoms. The number of halogens is 2. The predicted octanol–water partition coefficient (Wildman–Crippen LogP) is 4.90. The molecule has 0 aliphatic carbocycles. The van der Waals surface area contributed by atoms with Gasteiger partial charge in [0, 0.05) is 32.0 Å². The van der Waals surface area contributed by atoms with Gasteiger partial charge in [-0.05, 0) is 37.1 Å². The van der Waals surface area contributed by atoms with Gasteiger partial charge in [-0.15, -0.1) is 4.36 Å². The number of nitrogens with zero attached hydrogens (tertiary/aromatic N) is 5. The van der Waals surface area contributed by atoms with Crippen LogP contribution in [0.3, 0.4) is 0 Å². The quantitative estimate of drug-likeness (QED) is 0.461. The number of hydrogen-bond donors (Lipinski definition) is 0. The van der Waals surface area contributed by atoms with Gasteiger partial charge < -0.3 is 0 Å². The largest absolute Gasteiger partial charge is 0.249 e. The Morgan fingerprint density at radius 2 is 1.34 bits per heavy atom. The van der Waals surface area contributed by atoms with Gasteiger partial charge in [0.1, 0.15) is 10.3 Å². The third kappa shape index (κ3) is 7.55. The van der Waals surface area contributed by atoms with Crippen molar-refractivity contribution in [3.8, 4) is 6.19 Å². The van der Waals surface area contributed by atoms with Crippen LogP contribution < -0.4 is 0 Å². The van der Waals surface area contributed by atoms with Gasteiger partial charge in [0.15, 0.2) is 0 Å². The maximum Gasteiger partial charge on any atom is 0.214 e. The van der Waals surface area contributed by atoms with Crippen molar-refractivity contribution in [3.05, 3.63) is 58.1 Å². The SMILES string of the molecule is CN=S(C)(=O)[C@@H](C)c1ccc(Cl)nc1.C[C@H](c1ccc(Cl)nc1)S(C)(=O)=NC#N. The first kappa shape index (κ1) is 25.3. The number of hydrogen-bond acceptors (Lipinski definition) is 7. The Morgan fingerprint density at radius 3 is 1.66 bits per heavy atom. The zero-order chi connectivity index (χ0) is 22.2. The molecule has 4 atom stereocenters. The molecule has 2 aromatic rings. The molecule has 0 saturated heterocycles. The van der Waals surface area contributed by atoms with Crippen LogP contribution in [0.4, 0.5) is 0 Å². The van der Waals surface area contributed by atoms with Crippen molar-refractivity contribution in [1.29, 1.82) is 5.26 Å². The van der Waals surface area contributed by atoms with E-state index in [4.69, 9.17) is 28.5 Å². The Hall–Kier alpha value is -1.73. The van der Waals surface area contributed by atoms with E-state index in [0.29, 0.717) is 10.3 Å². The van der Waals surface area contributed by atoms with Crippen molar-refractivity contribution in [1.82, 2.24) is 9.97 Å². The Bertz CT molecular complexity index is 1100. The molecular formula is C18H23Cl2N5O2S2. The summed E-state index contributed by atoms with van der Waals surface area (Å²) in [6, 6.07) is 6.87. The van der Waals surface area contributed by atoms with E-state index in [1.54, 1.807) is 57.0 Å². The van der Waals surface area contributed by atoms with E-state index in [0.717, 1.165) is 11.1 Å². The molecule has 0 fully saturated rings. The lowest BCUT2D eigenvalue weighted by Gasteiger charge is -2.12. The highest BCUT2D eigenvalue weighted by molar-refractivity contribution is 7.93. The highest BCUT2D eigenvalue weighted by Crippen LogP contribution is 2.23. The van der Waals surface area contributed by atoms with E-state index in [1.807, 2.05) is 13.0 Å². The molecule has 0 amide bonds. The van der Waals surface area contributed by atoms with E-state index in [9.17, 15) is 8.42 Å². The second-order valence-electron chi connectivity index (χ2n) is 6.21. The molecule has 2 heterocycles. The molecule has 2 aromatic heterocycles. The first-order valence-corrected chi connectivity index (χ1v) is 13.1. The molecule has 0 radical (unpaired) electrons. The van der Waals surface area contributed by atoms with Crippen molar-refractivity contribution in [2.45, 2.75) is 24.3 Å². The van der Waals surface area contributed by atoms with Crippen molar-refractivity contribution in [2.24, 2.45) is 8.73 Å². The second-order valence-corrected chi connectivity index (χ2v) is 12.4. The topological polar surface area (TPSA) is 108 Å². The molecule has 0 aliphatic heterocycles. The summed E-state index contributed by atoms with van der Waals surface area (Å²) < 4.78 is 31.1. The molecule has 7 nitrogen and oxygen atoms in total. The lowest BCUT2D eigenvalue weighted by molar-refractivity contribution is 0.671. The van der Waals surface area contributed by atoms with E-state index >= 15 is 0 Å². The van der Waals surface area contributed by atoms with Crippen molar-refractivity contribution in [3.63, 3.8) is 0 Å². The fourth-order valence-electron chi connectivity index (χ4n) is 2.08. The standard InChI is InChI=1S/C9H10ClN3OS.C9H13ClN2OS/c1-7(15(2,14)13-6-11)8-3-4-9(10)12-5-8;1-7(14(3,13)11-2)8-4-5-9(10)12-6-8/h3-5,7H,1-2H3;4-7H,1-3H3/t7-,15?;7-,14?/m10/s1. The Labute approximate surface area is 182 Å². The summed E-state index contributed by atoms with van der Waals surface area (Å²) in [4.78, 5) is 7.84. The number of aromatic nitrogens is 2. The van der Waals surface area contributed by atoms with E-state index < -0.39 is 19.5 Å². The molecular weight excluding hydrogens is 453 g/mol. The predicted molar refractivity (Wildman–Crippen MR) is 120 cm³/mol. The van der Waals surface area contributed by atoms with Gasteiger partial charge in [0.25, 0.3) is 0 Å². The van der Waals surface area contributed by atoms with Crippen molar-refractivity contribution < 1.29 is 8.42 Å². The molecule has 158 valence electrons.